The minimum atomic E-state index is -1.61. The molecule has 1 N–H and O–H groups in total. The summed E-state index contributed by atoms with van der Waals surface area (Å²) < 4.78 is 40.1. The lowest BCUT2D eigenvalue weighted by molar-refractivity contribution is 0.212. The van der Waals surface area contributed by atoms with Gasteiger partial charge < -0.3 is 5.11 Å². The Morgan fingerprint density at radius 3 is 2.37 bits per heavy atom. The van der Waals surface area contributed by atoms with Gasteiger partial charge in [-0.2, -0.15) is 0 Å². The molecule has 0 radical (unpaired) electrons. The van der Waals surface area contributed by atoms with Crippen molar-refractivity contribution >= 4 is 27.5 Å². The quantitative estimate of drug-likeness (QED) is 0.784. The second-order valence-corrected chi connectivity index (χ2v) is 5.22. The van der Waals surface area contributed by atoms with Crippen LogP contribution >= 0.6 is 27.5 Å². The summed E-state index contributed by atoms with van der Waals surface area (Å²) in [7, 11) is 0. The molecule has 0 heterocycles. The number of halogens is 5. The van der Waals surface area contributed by atoms with E-state index < -0.39 is 23.6 Å². The standard InChI is InChI=1S/C13H7BrClF3O/c14-7-3-6(4-8(15)5-7)13(19)9-1-2-10(16)12(18)11(9)17/h1-5,13,19H. The maximum Gasteiger partial charge on any atom is 0.194 e. The number of benzene rings is 2. The summed E-state index contributed by atoms with van der Waals surface area (Å²) in [6, 6.07) is 6.26. The summed E-state index contributed by atoms with van der Waals surface area (Å²) in [6.07, 6.45) is -1.44. The van der Waals surface area contributed by atoms with Gasteiger partial charge in [-0.1, -0.05) is 33.6 Å². The summed E-state index contributed by atoms with van der Waals surface area (Å²) in [5.41, 5.74) is -0.0858. The fourth-order valence-corrected chi connectivity index (χ4v) is 2.55. The van der Waals surface area contributed by atoms with E-state index in [2.05, 4.69) is 15.9 Å². The van der Waals surface area contributed by atoms with Crippen molar-refractivity contribution in [1.29, 1.82) is 0 Å². The first kappa shape index (κ1) is 14.4. The van der Waals surface area contributed by atoms with E-state index in [1.54, 1.807) is 6.07 Å². The van der Waals surface area contributed by atoms with Gasteiger partial charge in [0.15, 0.2) is 17.5 Å². The van der Waals surface area contributed by atoms with Crippen molar-refractivity contribution in [2.24, 2.45) is 0 Å². The molecule has 1 unspecified atom stereocenters. The summed E-state index contributed by atoms with van der Waals surface area (Å²) >= 11 is 8.98. The van der Waals surface area contributed by atoms with Crippen LogP contribution in [-0.2, 0) is 0 Å². The monoisotopic (exact) mass is 350 g/mol. The molecular formula is C13H7BrClF3O. The highest BCUT2D eigenvalue weighted by atomic mass is 79.9. The van der Waals surface area contributed by atoms with Crippen molar-refractivity contribution in [2.75, 3.05) is 0 Å². The minimum Gasteiger partial charge on any atom is -0.384 e. The van der Waals surface area contributed by atoms with Crippen molar-refractivity contribution in [3.8, 4) is 0 Å². The van der Waals surface area contributed by atoms with Gasteiger partial charge in [0.05, 0.1) is 0 Å². The first-order chi connectivity index (χ1) is 8.90. The molecule has 19 heavy (non-hydrogen) atoms. The van der Waals surface area contributed by atoms with E-state index in [0.29, 0.717) is 9.50 Å². The predicted molar refractivity (Wildman–Crippen MR) is 69.5 cm³/mol. The number of hydrogen-bond acceptors (Lipinski definition) is 1. The first-order valence-electron chi connectivity index (χ1n) is 5.17. The van der Waals surface area contributed by atoms with Crippen molar-refractivity contribution in [2.45, 2.75) is 6.10 Å². The Hall–Kier alpha value is -1.04. The van der Waals surface area contributed by atoms with E-state index in [-0.39, 0.29) is 11.1 Å². The summed E-state index contributed by atoms with van der Waals surface area (Å²) in [5, 5.41) is 10.4. The zero-order valence-corrected chi connectivity index (χ0v) is 11.6. The lowest BCUT2D eigenvalue weighted by atomic mass is 10.0. The molecule has 1 nitrogen and oxygen atoms in total. The Morgan fingerprint density at radius 2 is 1.74 bits per heavy atom. The van der Waals surface area contributed by atoms with Gasteiger partial charge in [-0.3, -0.25) is 0 Å². The van der Waals surface area contributed by atoms with Gasteiger partial charge in [-0.25, -0.2) is 13.2 Å². The molecular weight excluding hydrogens is 344 g/mol. The average Bonchev–Trinajstić information content (AvgIpc) is 2.34. The van der Waals surface area contributed by atoms with Crippen LogP contribution in [0, 0.1) is 17.5 Å². The second kappa shape index (κ2) is 5.53. The van der Waals surface area contributed by atoms with Gasteiger partial charge in [0, 0.05) is 15.1 Å². The van der Waals surface area contributed by atoms with Crippen LogP contribution in [0.3, 0.4) is 0 Å². The molecule has 0 saturated carbocycles. The Labute approximate surface area is 120 Å². The Bertz CT molecular complexity index is 613. The van der Waals surface area contributed by atoms with E-state index >= 15 is 0 Å². The van der Waals surface area contributed by atoms with Gasteiger partial charge in [-0.15, -0.1) is 0 Å². The minimum absolute atomic E-state index is 0.268. The van der Waals surface area contributed by atoms with Crippen LogP contribution in [-0.4, -0.2) is 5.11 Å². The summed E-state index contributed by atoms with van der Waals surface area (Å²) in [6.45, 7) is 0. The molecule has 0 aromatic heterocycles. The molecule has 0 bridgehead atoms. The third-order valence-corrected chi connectivity index (χ3v) is 3.24. The third kappa shape index (κ3) is 2.94. The van der Waals surface area contributed by atoms with E-state index in [1.165, 1.54) is 12.1 Å². The van der Waals surface area contributed by atoms with Crippen LogP contribution in [0.5, 0.6) is 0 Å². The van der Waals surface area contributed by atoms with Crippen LogP contribution in [0.2, 0.25) is 5.02 Å². The van der Waals surface area contributed by atoms with Crippen molar-refractivity contribution < 1.29 is 18.3 Å². The van der Waals surface area contributed by atoms with Gasteiger partial charge in [0.2, 0.25) is 0 Å². The van der Waals surface area contributed by atoms with Crippen LogP contribution in [0.15, 0.2) is 34.8 Å². The molecule has 2 rings (SSSR count). The second-order valence-electron chi connectivity index (χ2n) is 3.87. The Kier molecular flexibility index (Phi) is 4.18. The molecule has 6 heteroatoms. The number of aliphatic hydroxyl groups is 1. The highest BCUT2D eigenvalue weighted by molar-refractivity contribution is 9.10. The summed E-state index contributed by atoms with van der Waals surface area (Å²) in [5.74, 6) is -4.33. The van der Waals surface area contributed by atoms with E-state index in [4.69, 9.17) is 11.6 Å². The zero-order chi connectivity index (χ0) is 14.2. The SMILES string of the molecule is OC(c1cc(Cl)cc(Br)c1)c1ccc(F)c(F)c1F. The van der Waals surface area contributed by atoms with Crippen LogP contribution in [0.4, 0.5) is 13.2 Å². The van der Waals surface area contributed by atoms with Crippen LogP contribution < -0.4 is 0 Å². The topological polar surface area (TPSA) is 20.2 Å². The molecule has 0 fully saturated rings. The largest absolute Gasteiger partial charge is 0.384 e. The molecule has 0 saturated heterocycles. The average molecular weight is 352 g/mol. The van der Waals surface area contributed by atoms with E-state index in [1.807, 2.05) is 0 Å². The molecule has 100 valence electrons. The van der Waals surface area contributed by atoms with Crippen molar-refractivity contribution in [3.63, 3.8) is 0 Å². The van der Waals surface area contributed by atoms with Gasteiger partial charge in [0.1, 0.15) is 6.10 Å². The normalized spacial score (nSPS) is 12.5. The van der Waals surface area contributed by atoms with E-state index in [9.17, 15) is 18.3 Å². The van der Waals surface area contributed by atoms with Crippen molar-refractivity contribution in [3.05, 3.63) is 68.4 Å². The van der Waals surface area contributed by atoms with Crippen LogP contribution in [0.1, 0.15) is 17.2 Å². The smallest absolute Gasteiger partial charge is 0.194 e. The maximum atomic E-state index is 13.6. The molecule has 0 aliphatic rings. The molecule has 0 spiro atoms. The van der Waals surface area contributed by atoms with Gasteiger partial charge in [-0.05, 0) is 29.8 Å². The lowest BCUT2D eigenvalue weighted by Crippen LogP contribution is -2.05. The highest BCUT2D eigenvalue weighted by Crippen LogP contribution is 2.30. The Balaban J connectivity index is 2.50. The first-order valence-corrected chi connectivity index (χ1v) is 6.34. The molecule has 0 amide bonds. The molecule has 0 aliphatic heterocycles. The van der Waals surface area contributed by atoms with Gasteiger partial charge in [0.25, 0.3) is 0 Å². The lowest BCUT2D eigenvalue weighted by Gasteiger charge is -2.13. The number of rotatable bonds is 2. The Morgan fingerprint density at radius 1 is 1.05 bits per heavy atom. The number of aliphatic hydroxyl groups excluding tert-OH is 1. The maximum absolute atomic E-state index is 13.6. The predicted octanol–water partition coefficient (Wildman–Crippen LogP) is 4.60. The van der Waals surface area contributed by atoms with E-state index in [0.717, 1.165) is 12.1 Å². The number of hydrogen-bond donors (Lipinski definition) is 1. The van der Waals surface area contributed by atoms with Crippen LogP contribution in [0.25, 0.3) is 0 Å². The fourth-order valence-electron chi connectivity index (χ4n) is 1.66. The summed E-state index contributed by atoms with van der Waals surface area (Å²) in [4.78, 5) is 0. The molecule has 1 atom stereocenters. The molecule has 2 aromatic rings. The van der Waals surface area contributed by atoms with Gasteiger partial charge >= 0.3 is 0 Å². The molecule has 2 aromatic carbocycles. The zero-order valence-electron chi connectivity index (χ0n) is 9.30. The highest BCUT2D eigenvalue weighted by Gasteiger charge is 2.21. The third-order valence-electron chi connectivity index (χ3n) is 2.56. The fraction of sp³-hybridized carbons (Fsp3) is 0.0769. The van der Waals surface area contributed by atoms with Crippen molar-refractivity contribution in [1.82, 2.24) is 0 Å². The molecule has 0 aliphatic carbocycles.